The van der Waals surface area contributed by atoms with Crippen molar-refractivity contribution in [1.82, 2.24) is 0 Å². The van der Waals surface area contributed by atoms with Crippen LogP contribution in [0.3, 0.4) is 0 Å². The second kappa shape index (κ2) is 4.17. The maximum absolute atomic E-state index is 13.4. The predicted octanol–water partition coefficient (Wildman–Crippen LogP) is 4.20. The van der Waals surface area contributed by atoms with Crippen molar-refractivity contribution in [2.75, 3.05) is 0 Å². The van der Waals surface area contributed by atoms with Crippen molar-refractivity contribution in [2.24, 2.45) is 0 Å². The quantitative estimate of drug-likeness (QED) is 0.839. The predicted molar refractivity (Wildman–Crippen MR) is 56.3 cm³/mol. The SMILES string of the molecule is Oc1ccc(-c2ccc(C(F)F)s2)c(F)c1. The molecular formula is C11H7F3OS. The van der Waals surface area contributed by atoms with E-state index in [1.54, 1.807) is 0 Å². The van der Waals surface area contributed by atoms with Crippen LogP contribution in [0.5, 0.6) is 5.75 Å². The molecule has 0 bridgehead atoms. The zero-order chi connectivity index (χ0) is 11.7. The molecule has 1 aromatic carbocycles. The van der Waals surface area contributed by atoms with E-state index in [-0.39, 0.29) is 16.2 Å². The Labute approximate surface area is 93.8 Å². The maximum atomic E-state index is 13.4. The summed E-state index contributed by atoms with van der Waals surface area (Å²) in [7, 11) is 0. The van der Waals surface area contributed by atoms with Crippen LogP contribution < -0.4 is 0 Å². The first-order chi connectivity index (χ1) is 7.58. The Bertz CT molecular complexity index is 508. The number of thiophene rings is 1. The second-order valence-corrected chi connectivity index (χ2v) is 4.28. The summed E-state index contributed by atoms with van der Waals surface area (Å²) in [6, 6.07) is 6.36. The van der Waals surface area contributed by atoms with Crippen molar-refractivity contribution in [1.29, 1.82) is 0 Å². The summed E-state index contributed by atoms with van der Waals surface area (Å²) >= 11 is 0.842. The second-order valence-electron chi connectivity index (χ2n) is 3.17. The van der Waals surface area contributed by atoms with Crippen molar-refractivity contribution in [3.05, 3.63) is 41.0 Å². The number of phenols is 1. The van der Waals surface area contributed by atoms with Gasteiger partial charge in [-0.3, -0.25) is 0 Å². The molecule has 2 aromatic rings. The summed E-state index contributed by atoms with van der Waals surface area (Å²) < 4.78 is 38.1. The zero-order valence-electron chi connectivity index (χ0n) is 7.95. The van der Waals surface area contributed by atoms with E-state index in [9.17, 15) is 13.2 Å². The highest BCUT2D eigenvalue weighted by atomic mass is 32.1. The van der Waals surface area contributed by atoms with Crippen LogP contribution in [0.15, 0.2) is 30.3 Å². The molecule has 0 unspecified atom stereocenters. The van der Waals surface area contributed by atoms with Gasteiger partial charge in [0, 0.05) is 16.5 Å². The Morgan fingerprint density at radius 2 is 1.88 bits per heavy atom. The van der Waals surface area contributed by atoms with Crippen molar-refractivity contribution in [2.45, 2.75) is 6.43 Å². The van der Waals surface area contributed by atoms with E-state index in [0.29, 0.717) is 4.88 Å². The van der Waals surface area contributed by atoms with Crippen LogP contribution in [0.4, 0.5) is 13.2 Å². The van der Waals surface area contributed by atoms with E-state index < -0.39 is 12.2 Å². The van der Waals surface area contributed by atoms with Gasteiger partial charge < -0.3 is 5.11 Å². The molecule has 0 aliphatic carbocycles. The van der Waals surface area contributed by atoms with Crippen LogP contribution in [-0.2, 0) is 0 Å². The Balaban J connectivity index is 2.42. The molecule has 16 heavy (non-hydrogen) atoms. The van der Waals surface area contributed by atoms with E-state index >= 15 is 0 Å². The van der Waals surface area contributed by atoms with Crippen molar-refractivity contribution >= 4 is 11.3 Å². The molecule has 2 rings (SSSR count). The van der Waals surface area contributed by atoms with Crippen LogP contribution in [0.1, 0.15) is 11.3 Å². The number of hydrogen-bond acceptors (Lipinski definition) is 2. The zero-order valence-corrected chi connectivity index (χ0v) is 8.77. The highest BCUT2D eigenvalue weighted by Crippen LogP contribution is 2.35. The van der Waals surface area contributed by atoms with Gasteiger partial charge in [-0.15, -0.1) is 11.3 Å². The van der Waals surface area contributed by atoms with Gasteiger partial charge in [0.15, 0.2) is 0 Å². The monoisotopic (exact) mass is 244 g/mol. The smallest absolute Gasteiger partial charge is 0.272 e. The van der Waals surface area contributed by atoms with Gasteiger partial charge >= 0.3 is 0 Å². The first-order valence-corrected chi connectivity index (χ1v) is 5.26. The summed E-state index contributed by atoms with van der Waals surface area (Å²) in [4.78, 5) is 0.329. The summed E-state index contributed by atoms with van der Waals surface area (Å²) in [5, 5.41) is 9.02. The van der Waals surface area contributed by atoms with Gasteiger partial charge in [0.1, 0.15) is 11.6 Å². The van der Waals surface area contributed by atoms with Crippen LogP contribution >= 0.6 is 11.3 Å². The first kappa shape index (κ1) is 11.0. The van der Waals surface area contributed by atoms with Gasteiger partial charge in [0.05, 0.1) is 4.88 Å². The van der Waals surface area contributed by atoms with Gasteiger partial charge in [0.2, 0.25) is 0 Å². The average Bonchev–Trinajstić information content (AvgIpc) is 2.66. The molecule has 0 amide bonds. The van der Waals surface area contributed by atoms with Gasteiger partial charge in [-0.2, -0.15) is 0 Å². The molecule has 1 N–H and O–H groups in total. The third-order valence-electron chi connectivity index (χ3n) is 2.06. The fourth-order valence-corrected chi connectivity index (χ4v) is 2.21. The lowest BCUT2D eigenvalue weighted by Crippen LogP contribution is -1.80. The third-order valence-corrected chi connectivity index (χ3v) is 3.19. The maximum Gasteiger partial charge on any atom is 0.272 e. The average molecular weight is 244 g/mol. The van der Waals surface area contributed by atoms with Crippen molar-refractivity contribution < 1.29 is 18.3 Å². The van der Waals surface area contributed by atoms with Crippen LogP contribution in [0.25, 0.3) is 10.4 Å². The third kappa shape index (κ3) is 2.04. The fourth-order valence-electron chi connectivity index (χ4n) is 1.32. The number of aromatic hydroxyl groups is 1. The van der Waals surface area contributed by atoms with E-state index in [2.05, 4.69) is 0 Å². The number of hydrogen-bond donors (Lipinski definition) is 1. The minimum absolute atomic E-state index is 0.0949. The summed E-state index contributed by atoms with van der Waals surface area (Å²) in [6.07, 6.45) is -2.54. The standard InChI is InChI=1S/C11H7F3OS/c12-8-5-6(15)1-2-7(8)9-3-4-10(16-9)11(13)14/h1-5,11,15H. The molecule has 0 saturated heterocycles. The molecule has 1 aromatic heterocycles. The minimum Gasteiger partial charge on any atom is -0.508 e. The van der Waals surface area contributed by atoms with E-state index in [0.717, 1.165) is 17.4 Å². The molecule has 5 heteroatoms. The van der Waals surface area contributed by atoms with E-state index in [1.807, 2.05) is 0 Å². The topological polar surface area (TPSA) is 20.2 Å². The van der Waals surface area contributed by atoms with Crippen LogP contribution in [0.2, 0.25) is 0 Å². The molecule has 0 saturated carbocycles. The number of phenolic OH excluding ortho intramolecular Hbond substituents is 1. The first-order valence-electron chi connectivity index (χ1n) is 4.44. The van der Waals surface area contributed by atoms with E-state index in [4.69, 9.17) is 5.11 Å². The molecule has 0 aliphatic rings. The fraction of sp³-hybridized carbons (Fsp3) is 0.0909. The van der Waals surface area contributed by atoms with Gasteiger partial charge in [-0.25, -0.2) is 13.2 Å². The number of alkyl halides is 2. The molecule has 1 heterocycles. The number of benzene rings is 1. The van der Waals surface area contributed by atoms with Crippen LogP contribution in [0, 0.1) is 5.82 Å². The van der Waals surface area contributed by atoms with Crippen molar-refractivity contribution in [3.63, 3.8) is 0 Å². The van der Waals surface area contributed by atoms with E-state index in [1.165, 1.54) is 24.3 Å². The molecule has 0 atom stereocenters. The highest BCUT2D eigenvalue weighted by Gasteiger charge is 2.13. The Morgan fingerprint density at radius 1 is 1.12 bits per heavy atom. The lowest BCUT2D eigenvalue weighted by atomic mass is 10.1. The van der Waals surface area contributed by atoms with Gasteiger partial charge in [-0.1, -0.05) is 0 Å². The molecule has 0 aliphatic heterocycles. The van der Waals surface area contributed by atoms with Crippen LogP contribution in [-0.4, -0.2) is 5.11 Å². The van der Waals surface area contributed by atoms with Crippen molar-refractivity contribution in [3.8, 4) is 16.2 Å². The normalized spacial score (nSPS) is 11.0. The lowest BCUT2D eigenvalue weighted by Gasteiger charge is -2.00. The molecule has 0 spiro atoms. The Morgan fingerprint density at radius 3 is 2.44 bits per heavy atom. The summed E-state index contributed by atoms with van der Waals surface area (Å²) in [5.41, 5.74) is 0.217. The minimum atomic E-state index is -2.54. The Kier molecular flexibility index (Phi) is 2.87. The molecule has 0 radical (unpaired) electrons. The molecule has 0 fully saturated rings. The largest absolute Gasteiger partial charge is 0.508 e. The number of rotatable bonds is 2. The molecular weight excluding hydrogens is 237 g/mol. The summed E-state index contributed by atoms with van der Waals surface area (Å²) in [5.74, 6) is -0.811. The summed E-state index contributed by atoms with van der Waals surface area (Å²) in [6.45, 7) is 0. The molecule has 84 valence electrons. The Hall–Kier alpha value is -1.49. The highest BCUT2D eigenvalue weighted by molar-refractivity contribution is 7.15. The van der Waals surface area contributed by atoms with Gasteiger partial charge in [-0.05, 0) is 24.3 Å². The number of halogens is 3. The lowest BCUT2D eigenvalue weighted by molar-refractivity contribution is 0.155. The van der Waals surface area contributed by atoms with Gasteiger partial charge in [0.25, 0.3) is 6.43 Å². The molecule has 1 nitrogen and oxygen atoms in total.